The fourth-order valence-corrected chi connectivity index (χ4v) is 1.82. The number of hydrogen-bond donors (Lipinski definition) is 2. The third-order valence-corrected chi connectivity index (χ3v) is 2.74. The van der Waals surface area contributed by atoms with Crippen LogP contribution in [-0.4, -0.2) is 25.7 Å². The molecular formula is C13H21ClIN3O. The topological polar surface area (TPSA) is 59.6 Å². The Labute approximate surface area is 136 Å². The second-order valence-electron chi connectivity index (χ2n) is 4.27. The van der Waals surface area contributed by atoms with E-state index in [-0.39, 0.29) is 36.1 Å². The number of rotatable bonds is 5. The maximum absolute atomic E-state index is 6.12. The highest BCUT2D eigenvalue weighted by Crippen LogP contribution is 2.25. The minimum absolute atomic E-state index is 0. The van der Waals surface area contributed by atoms with Gasteiger partial charge in [0, 0.05) is 23.7 Å². The number of methoxy groups -OCH3 is 1. The summed E-state index contributed by atoms with van der Waals surface area (Å²) in [6, 6.07) is 7.83. The smallest absolute Gasteiger partial charge is 0.188 e. The Hall–Kier alpha value is -0.530. The first-order chi connectivity index (χ1) is 8.54. The highest BCUT2D eigenvalue weighted by Gasteiger charge is 2.13. The van der Waals surface area contributed by atoms with Crippen LogP contribution < -0.4 is 11.1 Å². The summed E-state index contributed by atoms with van der Waals surface area (Å²) in [6.07, 6.45) is -0.189. The van der Waals surface area contributed by atoms with Crippen LogP contribution in [0.2, 0.25) is 5.02 Å². The molecule has 0 fully saturated rings. The molecule has 0 bridgehead atoms. The fraction of sp³-hybridized carbons (Fsp3) is 0.462. The lowest BCUT2D eigenvalue weighted by Gasteiger charge is -2.16. The Morgan fingerprint density at radius 3 is 2.58 bits per heavy atom. The number of ether oxygens (including phenoxy) is 1. The van der Waals surface area contributed by atoms with Crippen molar-refractivity contribution in [2.75, 3.05) is 13.7 Å². The third-order valence-electron chi connectivity index (χ3n) is 2.40. The second-order valence-corrected chi connectivity index (χ2v) is 4.68. The van der Waals surface area contributed by atoms with E-state index in [0.717, 1.165) is 5.56 Å². The quantitative estimate of drug-likeness (QED) is 0.456. The lowest BCUT2D eigenvalue weighted by atomic mass is 10.1. The average Bonchev–Trinajstić information content (AvgIpc) is 2.31. The van der Waals surface area contributed by atoms with Crippen LogP contribution in [0.3, 0.4) is 0 Å². The first kappa shape index (κ1) is 18.5. The molecule has 0 radical (unpaired) electrons. The highest BCUT2D eigenvalue weighted by atomic mass is 127. The normalized spacial score (nSPS) is 13.0. The summed E-state index contributed by atoms with van der Waals surface area (Å²) in [5.41, 5.74) is 6.66. The van der Waals surface area contributed by atoms with E-state index in [1.807, 2.05) is 38.1 Å². The molecule has 4 nitrogen and oxygen atoms in total. The molecule has 6 heteroatoms. The van der Waals surface area contributed by atoms with Gasteiger partial charge in [0.1, 0.15) is 6.10 Å². The molecule has 0 aliphatic rings. The summed E-state index contributed by atoms with van der Waals surface area (Å²) < 4.78 is 5.40. The van der Waals surface area contributed by atoms with E-state index in [1.54, 1.807) is 7.11 Å². The first-order valence-corrected chi connectivity index (χ1v) is 6.26. The molecule has 19 heavy (non-hydrogen) atoms. The average molecular weight is 398 g/mol. The van der Waals surface area contributed by atoms with Crippen molar-refractivity contribution in [3.05, 3.63) is 34.9 Å². The van der Waals surface area contributed by atoms with E-state index in [0.29, 0.717) is 17.5 Å². The molecule has 1 rings (SSSR count). The van der Waals surface area contributed by atoms with Crippen LogP contribution in [0.1, 0.15) is 25.5 Å². The molecule has 0 heterocycles. The van der Waals surface area contributed by atoms with E-state index in [2.05, 4.69) is 10.3 Å². The van der Waals surface area contributed by atoms with E-state index in [9.17, 15) is 0 Å². The Balaban J connectivity index is 0.00000324. The Kier molecular flexibility index (Phi) is 9.12. The van der Waals surface area contributed by atoms with Gasteiger partial charge in [0.25, 0.3) is 0 Å². The van der Waals surface area contributed by atoms with Crippen LogP contribution in [-0.2, 0) is 4.74 Å². The van der Waals surface area contributed by atoms with E-state index >= 15 is 0 Å². The molecule has 0 aliphatic heterocycles. The van der Waals surface area contributed by atoms with Gasteiger partial charge in [-0.1, -0.05) is 29.8 Å². The minimum Gasteiger partial charge on any atom is -0.375 e. The van der Waals surface area contributed by atoms with Crippen molar-refractivity contribution < 1.29 is 4.74 Å². The molecule has 0 aromatic heterocycles. The zero-order valence-electron chi connectivity index (χ0n) is 11.4. The first-order valence-electron chi connectivity index (χ1n) is 5.88. The SMILES string of the molecule is COC(CN=C(N)NC(C)C)c1ccccc1Cl.I. The number of guanidine groups is 1. The van der Waals surface area contributed by atoms with Crippen molar-refractivity contribution in [3.63, 3.8) is 0 Å². The molecule has 0 saturated heterocycles. The summed E-state index contributed by atoms with van der Waals surface area (Å²) in [5.74, 6) is 0.416. The van der Waals surface area contributed by atoms with Gasteiger partial charge in [0.05, 0.1) is 6.54 Å². The molecule has 0 spiro atoms. The number of hydrogen-bond acceptors (Lipinski definition) is 2. The van der Waals surface area contributed by atoms with E-state index < -0.39 is 0 Å². The summed E-state index contributed by atoms with van der Waals surface area (Å²) in [7, 11) is 1.63. The van der Waals surface area contributed by atoms with Gasteiger partial charge >= 0.3 is 0 Å². The number of nitrogens with two attached hydrogens (primary N) is 1. The van der Waals surface area contributed by atoms with Crippen molar-refractivity contribution >= 4 is 41.5 Å². The number of nitrogens with zero attached hydrogens (tertiary/aromatic N) is 1. The molecule has 108 valence electrons. The van der Waals surface area contributed by atoms with E-state index in [1.165, 1.54) is 0 Å². The molecule has 0 aliphatic carbocycles. The van der Waals surface area contributed by atoms with Gasteiger partial charge in [-0.15, -0.1) is 24.0 Å². The van der Waals surface area contributed by atoms with Crippen molar-refractivity contribution in [1.29, 1.82) is 0 Å². The largest absolute Gasteiger partial charge is 0.375 e. The van der Waals surface area contributed by atoms with Gasteiger partial charge < -0.3 is 15.8 Å². The predicted octanol–water partition coefficient (Wildman–Crippen LogP) is 2.96. The van der Waals surface area contributed by atoms with Crippen LogP contribution in [0.25, 0.3) is 0 Å². The van der Waals surface area contributed by atoms with Crippen molar-refractivity contribution in [1.82, 2.24) is 5.32 Å². The number of aliphatic imine (C=N–C) groups is 1. The van der Waals surface area contributed by atoms with Crippen molar-refractivity contribution in [3.8, 4) is 0 Å². The molecule has 1 aromatic rings. The molecular weight excluding hydrogens is 377 g/mol. The third kappa shape index (κ3) is 6.44. The Bertz CT molecular complexity index is 413. The predicted molar refractivity (Wildman–Crippen MR) is 91.4 cm³/mol. The fourth-order valence-electron chi connectivity index (χ4n) is 1.56. The van der Waals surface area contributed by atoms with Crippen molar-refractivity contribution in [2.24, 2.45) is 10.7 Å². The monoisotopic (exact) mass is 397 g/mol. The minimum atomic E-state index is -0.189. The Morgan fingerprint density at radius 1 is 1.42 bits per heavy atom. The molecule has 1 aromatic carbocycles. The van der Waals surface area contributed by atoms with Gasteiger partial charge in [0.15, 0.2) is 5.96 Å². The van der Waals surface area contributed by atoms with Crippen LogP contribution >= 0.6 is 35.6 Å². The van der Waals surface area contributed by atoms with Crippen LogP contribution in [0.5, 0.6) is 0 Å². The van der Waals surface area contributed by atoms with Gasteiger partial charge in [-0.3, -0.25) is 4.99 Å². The van der Waals surface area contributed by atoms with Gasteiger partial charge in [-0.25, -0.2) is 0 Å². The summed E-state index contributed by atoms with van der Waals surface area (Å²) >= 11 is 6.12. The molecule has 1 unspecified atom stereocenters. The Morgan fingerprint density at radius 2 is 2.05 bits per heavy atom. The molecule has 0 saturated carbocycles. The highest BCUT2D eigenvalue weighted by molar-refractivity contribution is 14.0. The lowest BCUT2D eigenvalue weighted by molar-refractivity contribution is 0.111. The van der Waals surface area contributed by atoms with Gasteiger partial charge in [-0.2, -0.15) is 0 Å². The lowest BCUT2D eigenvalue weighted by Crippen LogP contribution is -2.37. The van der Waals surface area contributed by atoms with Crippen molar-refractivity contribution in [2.45, 2.75) is 26.0 Å². The van der Waals surface area contributed by atoms with Crippen LogP contribution in [0.4, 0.5) is 0 Å². The summed E-state index contributed by atoms with van der Waals surface area (Å²) in [6.45, 7) is 4.44. The number of benzene rings is 1. The maximum atomic E-state index is 6.12. The summed E-state index contributed by atoms with van der Waals surface area (Å²) in [5, 5.41) is 3.70. The van der Waals surface area contributed by atoms with Crippen LogP contribution in [0.15, 0.2) is 29.3 Å². The zero-order chi connectivity index (χ0) is 13.5. The van der Waals surface area contributed by atoms with E-state index in [4.69, 9.17) is 22.1 Å². The summed E-state index contributed by atoms with van der Waals surface area (Å²) in [4.78, 5) is 4.25. The second kappa shape index (κ2) is 9.39. The molecule has 1 atom stereocenters. The zero-order valence-corrected chi connectivity index (χ0v) is 14.5. The maximum Gasteiger partial charge on any atom is 0.188 e. The number of halogens is 2. The molecule has 3 N–H and O–H groups in total. The van der Waals surface area contributed by atoms with Crippen LogP contribution in [0, 0.1) is 0 Å². The standard InChI is InChI=1S/C13H20ClN3O.HI/c1-9(2)17-13(15)16-8-12(18-3)10-6-4-5-7-11(10)14;/h4-7,9,12H,8H2,1-3H3,(H3,15,16,17);1H. The number of nitrogens with one attached hydrogen (secondary N) is 1. The van der Waals surface area contributed by atoms with Gasteiger partial charge in [0.2, 0.25) is 0 Å². The van der Waals surface area contributed by atoms with Gasteiger partial charge in [-0.05, 0) is 19.9 Å². The molecule has 0 amide bonds.